The van der Waals surface area contributed by atoms with Crippen LogP contribution in [0, 0.1) is 0 Å². The van der Waals surface area contributed by atoms with Gasteiger partial charge in [-0.1, -0.05) is 11.6 Å². The summed E-state index contributed by atoms with van der Waals surface area (Å²) in [6, 6.07) is 4.34. The van der Waals surface area contributed by atoms with Gasteiger partial charge in [-0.25, -0.2) is 14.8 Å². The van der Waals surface area contributed by atoms with E-state index in [0.29, 0.717) is 5.52 Å². The van der Waals surface area contributed by atoms with Crippen LogP contribution in [0.1, 0.15) is 19.2 Å². The van der Waals surface area contributed by atoms with Crippen molar-refractivity contribution in [2.45, 2.75) is 25.7 Å². The molecule has 0 bridgehead atoms. The number of fused-ring (bicyclic) bond motifs is 1. The van der Waals surface area contributed by atoms with Crippen LogP contribution in [0.3, 0.4) is 0 Å². The summed E-state index contributed by atoms with van der Waals surface area (Å²) in [6.45, 7) is 1.28. The van der Waals surface area contributed by atoms with Crippen molar-refractivity contribution in [3.63, 3.8) is 0 Å². The van der Waals surface area contributed by atoms with Gasteiger partial charge < -0.3 is 19.4 Å². The largest absolute Gasteiger partial charge is 0.481 e. The van der Waals surface area contributed by atoms with Crippen molar-refractivity contribution < 1.29 is 24.2 Å². The summed E-state index contributed by atoms with van der Waals surface area (Å²) >= 11 is 6.19. The Kier molecular flexibility index (Phi) is 4.66. The van der Waals surface area contributed by atoms with E-state index in [2.05, 4.69) is 9.97 Å². The van der Waals surface area contributed by atoms with Gasteiger partial charge in [-0.3, -0.25) is 9.36 Å². The molecular weight excluding hydrogens is 366 g/mol. The Morgan fingerprint density at radius 2 is 2.08 bits per heavy atom. The van der Waals surface area contributed by atoms with E-state index < -0.39 is 17.5 Å². The monoisotopic (exact) mass is 379 g/mol. The molecule has 136 valence electrons. The maximum Gasteiger partial charge on any atom is 0.419 e. The highest BCUT2D eigenvalue weighted by Crippen LogP contribution is 2.33. The quantitative estimate of drug-likeness (QED) is 0.620. The third-order valence-electron chi connectivity index (χ3n) is 3.56. The van der Waals surface area contributed by atoms with Gasteiger partial charge in [0.1, 0.15) is 5.75 Å². The lowest BCUT2D eigenvalue weighted by molar-refractivity contribution is -0.137. The molecule has 2 heterocycles. The number of rotatable bonds is 6. The average Bonchev–Trinajstić information content (AvgIpc) is 2.88. The van der Waals surface area contributed by atoms with Gasteiger partial charge in [-0.05, 0) is 12.1 Å². The molecule has 0 fully saturated rings. The fourth-order valence-electron chi connectivity index (χ4n) is 2.36. The van der Waals surface area contributed by atoms with Gasteiger partial charge in [0, 0.05) is 31.9 Å². The first-order valence-corrected chi connectivity index (χ1v) is 7.89. The number of hydrogen-bond donors (Lipinski definition) is 2. The first-order chi connectivity index (χ1) is 12.3. The summed E-state index contributed by atoms with van der Waals surface area (Å²) < 4.78 is 11.8. The molecule has 0 saturated carbocycles. The van der Waals surface area contributed by atoms with Crippen molar-refractivity contribution in [2.75, 3.05) is 0 Å². The van der Waals surface area contributed by atoms with Crippen molar-refractivity contribution in [2.24, 2.45) is 0 Å². The van der Waals surface area contributed by atoms with E-state index in [1.807, 2.05) is 0 Å². The second-order valence-electron chi connectivity index (χ2n) is 5.57. The van der Waals surface area contributed by atoms with Gasteiger partial charge in [-0.2, -0.15) is 0 Å². The number of aliphatic carboxylic acids is 1. The van der Waals surface area contributed by atoms with Crippen LogP contribution in [0.25, 0.3) is 11.1 Å². The summed E-state index contributed by atoms with van der Waals surface area (Å²) in [5, 5.41) is 19.3. The molecule has 0 radical (unpaired) electrons. The van der Waals surface area contributed by atoms with Gasteiger partial charge in [0.15, 0.2) is 5.58 Å². The summed E-state index contributed by atoms with van der Waals surface area (Å²) in [7, 11) is 0. The minimum atomic E-state index is -1.87. The summed E-state index contributed by atoms with van der Waals surface area (Å²) in [5.74, 6) is -3.55. The number of carboxylic acid groups (broad SMARTS) is 1. The number of ether oxygens (including phenoxy) is 1. The number of nitrogens with zero attached hydrogens (tertiary/aromatic N) is 3. The van der Waals surface area contributed by atoms with Gasteiger partial charge >= 0.3 is 11.7 Å². The van der Waals surface area contributed by atoms with E-state index in [4.69, 9.17) is 25.9 Å². The minimum Gasteiger partial charge on any atom is -0.481 e. The molecule has 10 heteroatoms. The SMILES string of the molecule is C[C@@](O)(Oc1cc2oc(=O)n(CCC(=O)O)c2cc1Cl)c1ncccn1. The Morgan fingerprint density at radius 1 is 1.38 bits per heavy atom. The zero-order chi connectivity index (χ0) is 18.9. The molecule has 0 amide bonds. The molecule has 0 unspecified atom stereocenters. The first-order valence-electron chi connectivity index (χ1n) is 7.51. The zero-order valence-electron chi connectivity index (χ0n) is 13.5. The molecule has 3 rings (SSSR count). The molecule has 3 aromatic rings. The van der Waals surface area contributed by atoms with E-state index in [0.717, 1.165) is 4.57 Å². The number of halogens is 1. The van der Waals surface area contributed by atoms with E-state index in [1.54, 1.807) is 6.07 Å². The smallest absolute Gasteiger partial charge is 0.419 e. The molecule has 0 aliphatic heterocycles. The molecule has 9 nitrogen and oxygen atoms in total. The number of hydrogen-bond acceptors (Lipinski definition) is 7. The third-order valence-corrected chi connectivity index (χ3v) is 3.86. The van der Waals surface area contributed by atoms with Crippen LogP contribution in [0.2, 0.25) is 5.02 Å². The normalized spacial score (nSPS) is 13.5. The fourth-order valence-corrected chi connectivity index (χ4v) is 2.56. The van der Waals surface area contributed by atoms with E-state index in [-0.39, 0.29) is 35.1 Å². The van der Waals surface area contributed by atoms with Crippen LogP contribution in [0.15, 0.2) is 39.8 Å². The van der Waals surface area contributed by atoms with Gasteiger partial charge in [0.25, 0.3) is 5.79 Å². The van der Waals surface area contributed by atoms with Crippen LogP contribution >= 0.6 is 11.6 Å². The number of aromatic nitrogens is 3. The molecule has 0 aliphatic rings. The highest BCUT2D eigenvalue weighted by atomic mass is 35.5. The predicted octanol–water partition coefficient (Wildman–Crippen LogP) is 1.76. The van der Waals surface area contributed by atoms with Crippen molar-refractivity contribution in [3.8, 4) is 5.75 Å². The molecule has 0 spiro atoms. The number of carboxylic acids is 1. The topological polar surface area (TPSA) is 128 Å². The number of carbonyl (C=O) groups is 1. The highest BCUT2D eigenvalue weighted by molar-refractivity contribution is 6.32. The number of oxazole rings is 1. The Balaban J connectivity index is 1.97. The molecule has 0 saturated heterocycles. The van der Waals surface area contributed by atoms with Gasteiger partial charge in [0.05, 0.1) is 17.0 Å². The number of aryl methyl sites for hydroxylation is 1. The number of aliphatic hydroxyl groups is 1. The second kappa shape index (κ2) is 6.77. The molecule has 1 aromatic carbocycles. The van der Waals surface area contributed by atoms with Gasteiger partial charge in [0.2, 0.25) is 5.82 Å². The molecule has 0 aliphatic carbocycles. The van der Waals surface area contributed by atoms with Crippen LogP contribution in [0.4, 0.5) is 0 Å². The third kappa shape index (κ3) is 3.53. The Hall–Kier alpha value is -2.91. The predicted molar refractivity (Wildman–Crippen MR) is 90.0 cm³/mol. The Morgan fingerprint density at radius 3 is 2.73 bits per heavy atom. The summed E-state index contributed by atoms with van der Waals surface area (Å²) in [6.07, 6.45) is 2.66. The van der Waals surface area contributed by atoms with Crippen LogP contribution in [0.5, 0.6) is 5.75 Å². The Labute approximate surface area is 151 Å². The molecule has 26 heavy (non-hydrogen) atoms. The molecule has 2 N–H and O–H groups in total. The van der Waals surface area contributed by atoms with Crippen molar-refractivity contribution in [1.29, 1.82) is 0 Å². The average molecular weight is 380 g/mol. The van der Waals surface area contributed by atoms with Crippen molar-refractivity contribution in [1.82, 2.24) is 14.5 Å². The minimum absolute atomic E-state index is 0.0247. The lowest BCUT2D eigenvalue weighted by Gasteiger charge is -2.23. The van der Waals surface area contributed by atoms with Gasteiger partial charge in [-0.15, -0.1) is 0 Å². The fraction of sp³-hybridized carbons (Fsp3) is 0.250. The lowest BCUT2D eigenvalue weighted by Crippen LogP contribution is -2.31. The molecule has 1 atom stereocenters. The zero-order valence-corrected chi connectivity index (χ0v) is 14.3. The molecule has 2 aromatic heterocycles. The van der Waals surface area contributed by atoms with E-state index in [1.165, 1.54) is 31.5 Å². The Bertz CT molecular complexity index is 1010. The summed E-state index contributed by atoms with van der Waals surface area (Å²) in [4.78, 5) is 30.5. The second-order valence-corrected chi connectivity index (χ2v) is 5.98. The first kappa shape index (κ1) is 17.9. The van der Waals surface area contributed by atoms with Crippen molar-refractivity contribution >= 4 is 28.7 Å². The lowest BCUT2D eigenvalue weighted by atomic mass is 10.2. The standard InChI is InChI=1S/C16H14ClN3O6/c1-16(24,14-18-4-2-5-19-14)26-11-8-12-10(7-9(11)17)20(15(23)25-12)6-3-13(21)22/h2,4-5,7-8,24H,3,6H2,1H3,(H,21,22)/t16-/m1/s1. The van der Waals surface area contributed by atoms with E-state index in [9.17, 15) is 14.7 Å². The van der Waals surface area contributed by atoms with E-state index >= 15 is 0 Å². The number of benzene rings is 1. The molecular formula is C16H14ClN3O6. The van der Waals surface area contributed by atoms with Crippen LogP contribution in [-0.4, -0.2) is 30.7 Å². The highest BCUT2D eigenvalue weighted by Gasteiger charge is 2.30. The summed E-state index contributed by atoms with van der Waals surface area (Å²) in [5.41, 5.74) is 0.466. The van der Waals surface area contributed by atoms with Crippen molar-refractivity contribution in [3.05, 3.63) is 52.0 Å². The van der Waals surface area contributed by atoms with Crippen LogP contribution in [-0.2, 0) is 17.1 Å². The maximum absolute atomic E-state index is 11.9. The maximum atomic E-state index is 11.9. The van der Waals surface area contributed by atoms with Crippen LogP contribution < -0.4 is 10.5 Å².